The molecule has 8 nitrogen and oxygen atoms in total. The van der Waals surface area contributed by atoms with Crippen LogP contribution < -0.4 is 10.5 Å². The Labute approximate surface area is 205 Å². The minimum atomic E-state index is -4.62. The number of likely N-dealkylation sites (tertiary alicyclic amines) is 1. The van der Waals surface area contributed by atoms with Gasteiger partial charge in [-0.2, -0.15) is 13.2 Å². The van der Waals surface area contributed by atoms with E-state index in [4.69, 9.17) is 19.6 Å². The summed E-state index contributed by atoms with van der Waals surface area (Å²) in [4.78, 5) is 23.6. The zero-order valence-electron chi connectivity index (χ0n) is 20.3. The van der Waals surface area contributed by atoms with Crippen LogP contribution in [0.1, 0.15) is 35.8 Å². The van der Waals surface area contributed by atoms with E-state index in [-0.39, 0.29) is 52.5 Å². The first-order valence-corrected chi connectivity index (χ1v) is 11.6. The maximum Gasteiger partial charge on any atom is 0.433 e. The predicted molar refractivity (Wildman–Crippen MR) is 124 cm³/mol. The van der Waals surface area contributed by atoms with Crippen molar-refractivity contribution < 1.29 is 31.9 Å². The zero-order chi connectivity index (χ0) is 26.0. The van der Waals surface area contributed by atoms with Crippen molar-refractivity contribution in [3.8, 4) is 17.2 Å². The Hall–Kier alpha value is -3.18. The van der Waals surface area contributed by atoms with Crippen molar-refractivity contribution in [2.45, 2.75) is 32.6 Å². The average Bonchev–Trinajstić information content (AvgIpc) is 3.19. The van der Waals surface area contributed by atoms with E-state index in [1.807, 2.05) is 0 Å². The number of carbonyl (C=O) groups excluding carboxylic acids is 1. The SMILES string of the molecule is COC[C@@H]1C2C(CN1C(=O)c1nc(-c3ccc(OC)c4nc(C(F)(F)F)ccc34)oc1CN)C2(C)C. The number of hydrogen-bond donors (Lipinski definition) is 1. The van der Waals surface area contributed by atoms with Crippen LogP contribution in [0.4, 0.5) is 13.2 Å². The second kappa shape index (κ2) is 8.45. The van der Waals surface area contributed by atoms with E-state index in [0.717, 1.165) is 6.07 Å². The Kier molecular flexibility index (Phi) is 5.75. The zero-order valence-corrected chi connectivity index (χ0v) is 20.3. The van der Waals surface area contributed by atoms with Crippen molar-refractivity contribution in [3.63, 3.8) is 0 Å². The van der Waals surface area contributed by atoms with Crippen LogP contribution in [0.2, 0.25) is 0 Å². The highest BCUT2D eigenvalue weighted by Crippen LogP contribution is 2.65. The van der Waals surface area contributed by atoms with Crippen LogP contribution in [-0.2, 0) is 17.5 Å². The molecule has 0 spiro atoms. The Morgan fingerprint density at radius 3 is 2.61 bits per heavy atom. The first-order chi connectivity index (χ1) is 17.0. The Morgan fingerprint density at radius 1 is 1.22 bits per heavy atom. The lowest BCUT2D eigenvalue weighted by Crippen LogP contribution is -2.43. The van der Waals surface area contributed by atoms with E-state index < -0.39 is 11.9 Å². The number of pyridine rings is 1. The van der Waals surface area contributed by atoms with Gasteiger partial charge in [0.1, 0.15) is 17.0 Å². The molecule has 0 bridgehead atoms. The van der Waals surface area contributed by atoms with Crippen molar-refractivity contribution in [1.82, 2.24) is 14.9 Å². The Morgan fingerprint density at radius 2 is 1.97 bits per heavy atom. The molecule has 3 aromatic rings. The van der Waals surface area contributed by atoms with Gasteiger partial charge in [-0.1, -0.05) is 13.8 Å². The standard InChI is InChI=1S/C25H27F3N4O4/c1-24(2)14-10-32(15(11-34-3)19(14)24)23(33)21-17(9-29)36-22(31-21)13-5-7-16(35-4)20-12(13)6-8-18(30-20)25(26,27)28/h5-8,14-15,19H,9-11,29H2,1-4H3/t14?,15-,19?/m1/s1. The molecule has 1 aromatic carbocycles. The maximum atomic E-state index is 13.6. The topological polar surface area (TPSA) is 104 Å². The lowest BCUT2D eigenvalue weighted by molar-refractivity contribution is -0.140. The molecule has 1 aliphatic carbocycles. The van der Waals surface area contributed by atoms with Crippen molar-refractivity contribution >= 4 is 16.8 Å². The quantitative estimate of drug-likeness (QED) is 0.539. The molecule has 2 aliphatic rings. The minimum Gasteiger partial charge on any atom is -0.494 e. The lowest BCUT2D eigenvalue weighted by atomic mass is 10.0. The number of aromatic nitrogens is 2. The minimum absolute atomic E-state index is 0.00669. The van der Waals surface area contributed by atoms with Crippen LogP contribution in [0.15, 0.2) is 28.7 Å². The van der Waals surface area contributed by atoms with Crippen LogP contribution in [0.25, 0.3) is 22.4 Å². The van der Waals surface area contributed by atoms with Crippen molar-refractivity contribution in [2.24, 2.45) is 23.0 Å². The van der Waals surface area contributed by atoms with E-state index in [0.29, 0.717) is 35.9 Å². The van der Waals surface area contributed by atoms with Gasteiger partial charge in [0.05, 0.1) is 26.3 Å². The molecule has 1 aliphatic heterocycles. The van der Waals surface area contributed by atoms with Crippen LogP contribution >= 0.6 is 0 Å². The number of nitrogens with zero attached hydrogens (tertiary/aromatic N) is 3. The molecule has 2 unspecified atom stereocenters. The number of halogens is 3. The van der Waals surface area contributed by atoms with Gasteiger partial charge in [-0.15, -0.1) is 0 Å². The number of ether oxygens (including phenoxy) is 2. The van der Waals surface area contributed by atoms with Crippen molar-refractivity contribution in [2.75, 3.05) is 27.4 Å². The van der Waals surface area contributed by atoms with Gasteiger partial charge in [-0.05, 0) is 41.5 Å². The summed E-state index contributed by atoms with van der Waals surface area (Å²) >= 11 is 0. The van der Waals surface area contributed by atoms with Crippen LogP contribution in [-0.4, -0.2) is 54.2 Å². The number of amides is 1. The molecule has 3 heterocycles. The molecular weight excluding hydrogens is 477 g/mol. The monoisotopic (exact) mass is 504 g/mol. The van der Waals surface area contributed by atoms with Gasteiger partial charge >= 0.3 is 6.18 Å². The summed E-state index contributed by atoms with van der Waals surface area (Å²) in [6.45, 7) is 5.32. The molecule has 2 fully saturated rings. The van der Waals surface area contributed by atoms with E-state index in [1.54, 1.807) is 18.1 Å². The predicted octanol–water partition coefficient (Wildman–Crippen LogP) is 4.12. The average molecular weight is 505 g/mol. The second-order valence-corrected chi connectivity index (χ2v) is 9.83. The number of hydrogen-bond acceptors (Lipinski definition) is 7. The van der Waals surface area contributed by atoms with Gasteiger partial charge in [0.2, 0.25) is 5.89 Å². The summed E-state index contributed by atoms with van der Waals surface area (Å²) < 4.78 is 56.4. The van der Waals surface area contributed by atoms with Crippen LogP contribution in [0.3, 0.4) is 0 Å². The van der Waals surface area contributed by atoms with Gasteiger partial charge < -0.3 is 24.5 Å². The number of alkyl halides is 3. The molecule has 1 saturated carbocycles. The Bertz CT molecular complexity index is 1340. The second-order valence-electron chi connectivity index (χ2n) is 9.83. The summed E-state index contributed by atoms with van der Waals surface area (Å²) in [5.41, 5.74) is 5.47. The normalized spacial score (nSPS) is 22.7. The van der Waals surface area contributed by atoms with Gasteiger partial charge in [0.15, 0.2) is 11.5 Å². The largest absolute Gasteiger partial charge is 0.494 e. The fourth-order valence-corrected chi connectivity index (χ4v) is 5.65. The highest BCUT2D eigenvalue weighted by molar-refractivity contribution is 5.98. The number of nitrogens with two attached hydrogens (primary N) is 1. The van der Waals surface area contributed by atoms with Crippen LogP contribution in [0, 0.1) is 17.3 Å². The number of piperidine rings is 1. The highest BCUT2D eigenvalue weighted by atomic mass is 19.4. The molecule has 192 valence electrons. The summed E-state index contributed by atoms with van der Waals surface area (Å²) in [5.74, 6) is 0.868. The fraction of sp³-hybridized carbons (Fsp3) is 0.480. The molecule has 3 atom stereocenters. The summed E-state index contributed by atoms with van der Waals surface area (Å²) in [5, 5.41) is 0.340. The van der Waals surface area contributed by atoms with Crippen molar-refractivity contribution in [3.05, 3.63) is 41.4 Å². The summed E-state index contributed by atoms with van der Waals surface area (Å²) in [7, 11) is 2.96. The van der Waals surface area contributed by atoms with E-state index in [2.05, 4.69) is 23.8 Å². The Balaban J connectivity index is 1.55. The third-order valence-electron chi connectivity index (χ3n) is 7.59. The fourth-order valence-electron chi connectivity index (χ4n) is 5.65. The molecule has 2 aromatic heterocycles. The maximum absolute atomic E-state index is 13.6. The number of carbonyl (C=O) groups is 1. The molecule has 1 saturated heterocycles. The van der Waals surface area contributed by atoms with E-state index >= 15 is 0 Å². The molecule has 11 heteroatoms. The number of benzene rings is 1. The lowest BCUT2D eigenvalue weighted by Gasteiger charge is -2.30. The third-order valence-corrected chi connectivity index (χ3v) is 7.59. The number of methoxy groups -OCH3 is 2. The molecule has 2 N–H and O–H groups in total. The molecule has 5 rings (SSSR count). The number of oxazole rings is 1. The highest BCUT2D eigenvalue weighted by Gasteiger charge is 2.67. The van der Waals surface area contributed by atoms with Gasteiger partial charge in [0, 0.05) is 24.6 Å². The molecular formula is C25H27F3N4O4. The molecule has 0 radical (unpaired) electrons. The number of rotatable bonds is 6. The van der Waals surface area contributed by atoms with Gasteiger partial charge in [0.25, 0.3) is 5.91 Å². The van der Waals surface area contributed by atoms with E-state index in [9.17, 15) is 18.0 Å². The van der Waals surface area contributed by atoms with Crippen molar-refractivity contribution in [1.29, 1.82) is 0 Å². The summed E-state index contributed by atoms with van der Waals surface area (Å²) in [6.07, 6.45) is -4.62. The van der Waals surface area contributed by atoms with E-state index in [1.165, 1.54) is 19.2 Å². The first kappa shape index (κ1) is 24.5. The molecule has 1 amide bonds. The number of fused-ring (bicyclic) bond motifs is 2. The van der Waals surface area contributed by atoms with Gasteiger partial charge in [-0.25, -0.2) is 9.97 Å². The molecule has 36 heavy (non-hydrogen) atoms. The van der Waals surface area contributed by atoms with Crippen LogP contribution in [0.5, 0.6) is 5.75 Å². The smallest absolute Gasteiger partial charge is 0.433 e. The van der Waals surface area contributed by atoms with Gasteiger partial charge in [-0.3, -0.25) is 4.79 Å². The summed E-state index contributed by atoms with van der Waals surface area (Å²) in [6, 6.07) is 5.19. The first-order valence-electron chi connectivity index (χ1n) is 11.6. The third kappa shape index (κ3) is 3.72.